The van der Waals surface area contributed by atoms with Crippen molar-refractivity contribution in [2.24, 2.45) is 0 Å². The predicted molar refractivity (Wildman–Crippen MR) is 64.9 cm³/mol. The lowest BCUT2D eigenvalue weighted by Gasteiger charge is -2.24. The molecule has 3 nitrogen and oxygen atoms in total. The molecule has 88 valence electrons. The van der Waals surface area contributed by atoms with E-state index in [9.17, 15) is 4.79 Å². The zero-order chi connectivity index (χ0) is 11.7. The van der Waals surface area contributed by atoms with Gasteiger partial charge in [-0.2, -0.15) is 4.58 Å². The van der Waals surface area contributed by atoms with E-state index in [-0.39, 0.29) is 0 Å². The predicted octanol–water partition coefficient (Wildman–Crippen LogP) is 1.43. The zero-order valence-corrected chi connectivity index (χ0v) is 10.5. The molecular formula is C13H21N2O+. The quantitative estimate of drug-likeness (QED) is 0.670. The monoisotopic (exact) mass is 221 g/mol. The highest BCUT2D eigenvalue weighted by Crippen LogP contribution is 2.29. The van der Waals surface area contributed by atoms with E-state index in [0.717, 1.165) is 44.3 Å². The molecule has 2 rings (SSSR count). The van der Waals surface area contributed by atoms with Gasteiger partial charge in [-0.25, -0.2) is 0 Å². The van der Waals surface area contributed by atoms with E-state index in [2.05, 4.69) is 30.5 Å². The lowest BCUT2D eigenvalue weighted by molar-refractivity contribution is -0.491. The summed E-state index contributed by atoms with van der Waals surface area (Å²) < 4.78 is 2.34. The van der Waals surface area contributed by atoms with Crippen LogP contribution in [0.1, 0.15) is 32.6 Å². The normalized spacial score (nSPS) is 20.4. The summed E-state index contributed by atoms with van der Waals surface area (Å²) in [5, 5.41) is 0. The van der Waals surface area contributed by atoms with Crippen LogP contribution in [-0.4, -0.2) is 48.2 Å². The Kier molecular flexibility index (Phi) is 3.24. The summed E-state index contributed by atoms with van der Waals surface area (Å²) in [4.78, 5) is 13.9. The Hall–Kier alpha value is -0.960. The number of Topliss-reactive ketones (excluding diaryl/α,β-unsaturated/α-hetero) is 1. The Morgan fingerprint density at radius 1 is 1.31 bits per heavy atom. The molecule has 0 amide bonds. The molecule has 1 fully saturated rings. The van der Waals surface area contributed by atoms with E-state index in [1.165, 1.54) is 11.4 Å². The van der Waals surface area contributed by atoms with Gasteiger partial charge < -0.3 is 4.90 Å². The molecule has 0 spiro atoms. The fourth-order valence-corrected chi connectivity index (χ4v) is 2.64. The van der Waals surface area contributed by atoms with Crippen LogP contribution in [0.3, 0.4) is 0 Å². The molecule has 3 heteroatoms. The van der Waals surface area contributed by atoms with Crippen molar-refractivity contribution in [1.82, 2.24) is 4.90 Å². The van der Waals surface area contributed by atoms with Crippen molar-refractivity contribution in [1.29, 1.82) is 0 Å². The fraction of sp³-hybridized carbons (Fsp3) is 0.692. The second kappa shape index (κ2) is 4.50. The number of carbonyl (C=O) groups excluding carboxylic acids is 1. The SMILES string of the molecule is CC1=C2C(=O)CCCC2=[N+]1CCCN(C)C. The number of nitrogens with zero attached hydrogens (tertiary/aromatic N) is 2. The highest BCUT2D eigenvalue weighted by molar-refractivity contribution is 6.24. The minimum Gasteiger partial charge on any atom is -0.309 e. The summed E-state index contributed by atoms with van der Waals surface area (Å²) in [6.07, 6.45) is 4.05. The number of fused-ring (bicyclic) bond motifs is 1. The molecule has 0 aromatic carbocycles. The van der Waals surface area contributed by atoms with Crippen LogP contribution in [0.15, 0.2) is 11.3 Å². The topological polar surface area (TPSA) is 23.3 Å². The molecule has 1 saturated carbocycles. The van der Waals surface area contributed by atoms with Gasteiger partial charge in [0.2, 0.25) is 0 Å². The van der Waals surface area contributed by atoms with Crippen LogP contribution in [0.2, 0.25) is 0 Å². The third kappa shape index (κ3) is 1.96. The fourth-order valence-electron chi connectivity index (χ4n) is 2.64. The molecular weight excluding hydrogens is 200 g/mol. The van der Waals surface area contributed by atoms with Crippen molar-refractivity contribution < 1.29 is 9.37 Å². The summed E-state index contributed by atoms with van der Waals surface area (Å²) >= 11 is 0. The largest absolute Gasteiger partial charge is 0.309 e. The van der Waals surface area contributed by atoms with Gasteiger partial charge in [-0.3, -0.25) is 4.79 Å². The van der Waals surface area contributed by atoms with Crippen molar-refractivity contribution >= 4 is 11.5 Å². The molecule has 0 N–H and O–H groups in total. The summed E-state index contributed by atoms with van der Waals surface area (Å²) in [7, 11) is 4.20. The van der Waals surface area contributed by atoms with Gasteiger partial charge in [0.05, 0.1) is 0 Å². The van der Waals surface area contributed by atoms with E-state index in [0.29, 0.717) is 5.78 Å². The van der Waals surface area contributed by atoms with Crippen LogP contribution in [-0.2, 0) is 4.79 Å². The van der Waals surface area contributed by atoms with E-state index in [4.69, 9.17) is 0 Å². The van der Waals surface area contributed by atoms with Gasteiger partial charge >= 0.3 is 0 Å². The molecule has 1 heterocycles. The van der Waals surface area contributed by atoms with Crippen LogP contribution in [0.5, 0.6) is 0 Å². The summed E-state index contributed by atoms with van der Waals surface area (Å²) in [6, 6.07) is 0. The Labute approximate surface area is 97.4 Å². The van der Waals surface area contributed by atoms with Crippen molar-refractivity contribution in [3.63, 3.8) is 0 Å². The van der Waals surface area contributed by atoms with Crippen LogP contribution in [0.4, 0.5) is 0 Å². The molecule has 0 unspecified atom stereocenters. The second-order valence-corrected chi connectivity index (χ2v) is 4.99. The Bertz CT molecular complexity index is 377. The maximum atomic E-state index is 11.7. The first-order valence-corrected chi connectivity index (χ1v) is 6.14. The minimum atomic E-state index is 0.364. The Morgan fingerprint density at radius 3 is 2.75 bits per heavy atom. The molecule has 16 heavy (non-hydrogen) atoms. The average Bonchev–Trinajstić information content (AvgIpc) is 2.23. The number of allylic oxidation sites excluding steroid dienone is 2. The van der Waals surface area contributed by atoms with Crippen molar-refractivity contribution in [2.75, 3.05) is 27.2 Å². The van der Waals surface area contributed by atoms with Gasteiger partial charge in [0.1, 0.15) is 6.54 Å². The van der Waals surface area contributed by atoms with E-state index >= 15 is 0 Å². The molecule has 2 aliphatic rings. The van der Waals surface area contributed by atoms with Gasteiger partial charge in [-0.1, -0.05) is 0 Å². The van der Waals surface area contributed by atoms with Gasteiger partial charge in [-0.05, 0) is 20.5 Å². The van der Waals surface area contributed by atoms with Crippen LogP contribution < -0.4 is 0 Å². The maximum Gasteiger partial charge on any atom is 0.198 e. The lowest BCUT2D eigenvalue weighted by atomic mass is 9.85. The number of hydrogen-bond donors (Lipinski definition) is 0. The van der Waals surface area contributed by atoms with Gasteiger partial charge in [0, 0.05) is 32.7 Å². The van der Waals surface area contributed by atoms with E-state index < -0.39 is 0 Å². The molecule has 0 bridgehead atoms. The zero-order valence-electron chi connectivity index (χ0n) is 10.5. The van der Waals surface area contributed by atoms with Gasteiger partial charge in [0.15, 0.2) is 22.8 Å². The van der Waals surface area contributed by atoms with Crippen molar-refractivity contribution in [3.8, 4) is 0 Å². The van der Waals surface area contributed by atoms with E-state index in [1.807, 2.05) is 0 Å². The molecule has 0 aromatic heterocycles. The number of carbonyl (C=O) groups is 1. The van der Waals surface area contributed by atoms with Crippen molar-refractivity contribution in [3.05, 3.63) is 11.3 Å². The van der Waals surface area contributed by atoms with Crippen LogP contribution >= 0.6 is 0 Å². The summed E-state index contributed by atoms with van der Waals surface area (Å²) in [5.74, 6) is 0.364. The first kappa shape index (κ1) is 11.5. The molecule has 0 atom stereocenters. The van der Waals surface area contributed by atoms with Crippen LogP contribution in [0.25, 0.3) is 0 Å². The highest BCUT2D eigenvalue weighted by Gasteiger charge is 2.41. The standard InChI is InChI=1S/C13H21N2O/c1-10-13-11(6-4-7-12(13)16)15(10)9-5-8-14(2)3/h4-9H2,1-3H3/q+1. The smallest absolute Gasteiger partial charge is 0.198 e. The number of ketones is 1. The highest BCUT2D eigenvalue weighted by atomic mass is 16.1. The Morgan fingerprint density at radius 2 is 2.06 bits per heavy atom. The summed E-state index contributed by atoms with van der Waals surface area (Å²) in [5.41, 5.74) is 3.57. The third-order valence-corrected chi connectivity index (χ3v) is 3.46. The first-order valence-electron chi connectivity index (χ1n) is 6.14. The number of hydrogen-bond acceptors (Lipinski definition) is 2. The molecule has 0 saturated heterocycles. The first-order chi connectivity index (χ1) is 7.61. The molecule has 0 radical (unpaired) electrons. The molecule has 0 aromatic rings. The average molecular weight is 221 g/mol. The summed E-state index contributed by atoms with van der Waals surface area (Å²) in [6.45, 7) is 4.26. The van der Waals surface area contributed by atoms with E-state index in [1.54, 1.807) is 0 Å². The van der Waals surface area contributed by atoms with Crippen molar-refractivity contribution in [2.45, 2.75) is 32.6 Å². The van der Waals surface area contributed by atoms with Gasteiger partial charge in [-0.15, -0.1) is 0 Å². The van der Waals surface area contributed by atoms with Gasteiger partial charge in [0.25, 0.3) is 0 Å². The number of rotatable bonds is 4. The minimum absolute atomic E-state index is 0.364. The Balaban J connectivity index is 1.96. The van der Waals surface area contributed by atoms with Crippen LogP contribution in [0, 0.1) is 0 Å². The molecule has 1 aliphatic carbocycles. The lowest BCUT2D eigenvalue weighted by Crippen LogP contribution is -2.40. The third-order valence-electron chi connectivity index (χ3n) is 3.46. The maximum absolute atomic E-state index is 11.7. The molecule has 1 aliphatic heterocycles. The second-order valence-electron chi connectivity index (χ2n) is 4.99.